The first kappa shape index (κ1) is 66.3. The summed E-state index contributed by atoms with van der Waals surface area (Å²) < 4.78 is 34.5. The molecule has 81 heavy (non-hydrogen) atoms. The standard InChI is InChI=1S/C35H31F2N2.C18H16S.C10H15N.3C2H6.3C2H4/c1-2-23-20-31(36)35(32(37)21-23)39-33-26(14-7-12-24-10-3-5-18-29(24)33)15-9-17-28-22-27-16-8-13-25-11-4-6-19-30(25)34(27)38(28)39;1-11-7-9-14-13-5-3-4-6-15(13)19-16-10-8-12(2)17(11)18(14)16;1-2-3-4-9-5-7-10(11)8-6-9;6*1-2/h1,3,5-6,9-10,15,17-21,27H,4,7-8,11-14,16,22H2;3,5,7-10H,4,6H2,1-2H3;5-8H,2-4,11H2,1H3;3*1-2H3;3*1-2H2/q+1;;;;;;;;/b15-9+,28-17-;;;;;;;;. The molecule has 5 aromatic carbocycles. The average molecular weight is 1110 g/mol. The van der Waals surface area contributed by atoms with E-state index in [9.17, 15) is 0 Å². The van der Waals surface area contributed by atoms with Gasteiger partial charge in [-0.15, -0.1) is 50.9 Å². The molecule has 0 saturated carbocycles. The molecule has 0 radical (unpaired) electrons. The van der Waals surface area contributed by atoms with Crippen molar-refractivity contribution in [2.24, 2.45) is 5.92 Å². The highest BCUT2D eigenvalue weighted by Gasteiger charge is 2.48. The Morgan fingerprint density at radius 2 is 1.36 bits per heavy atom. The van der Waals surface area contributed by atoms with Crippen molar-refractivity contribution in [2.75, 3.05) is 10.7 Å². The van der Waals surface area contributed by atoms with Gasteiger partial charge in [0.1, 0.15) is 5.70 Å². The molecule has 426 valence electrons. The Morgan fingerprint density at radius 3 is 2.02 bits per heavy atom. The number of hydrogen-bond acceptors (Lipinski definition) is 3. The maximum absolute atomic E-state index is 16.1. The van der Waals surface area contributed by atoms with E-state index < -0.39 is 11.6 Å². The topological polar surface area (TPSA) is 32.3 Å². The summed E-state index contributed by atoms with van der Waals surface area (Å²) in [5.74, 6) is 1.41. The molecule has 3 aliphatic heterocycles. The molecule has 5 aromatic rings. The van der Waals surface area contributed by atoms with Crippen LogP contribution in [-0.2, 0) is 12.8 Å². The second-order valence-electron chi connectivity index (χ2n) is 19.4. The van der Waals surface area contributed by atoms with Crippen LogP contribution < -0.4 is 10.7 Å². The summed E-state index contributed by atoms with van der Waals surface area (Å²) in [6, 6.07) is 28.2. The predicted molar refractivity (Wildman–Crippen MR) is 355 cm³/mol. The second kappa shape index (κ2) is 34.2. The Morgan fingerprint density at radius 1 is 0.716 bits per heavy atom. The van der Waals surface area contributed by atoms with Crippen molar-refractivity contribution >= 4 is 50.9 Å². The van der Waals surface area contributed by atoms with E-state index in [-0.39, 0.29) is 11.3 Å². The Kier molecular flexibility index (Phi) is 28.0. The lowest BCUT2D eigenvalue weighted by Crippen LogP contribution is -2.38. The number of unbranched alkanes of at least 4 members (excludes halogenated alkanes) is 1. The molecule has 3 heterocycles. The Labute approximate surface area is 492 Å². The van der Waals surface area contributed by atoms with Crippen LogP contribution >= 0.6 is 11.8 Å². The zero-order valence-electron chi connectivity index (χ0n) is 50.6. The first-order valence-electron chi connectivity index (χ1n) is 29.7. The van der Waals surface area contributed by atoms with Gasteiger partial charge in [0, 0.05) is 45.2 Å². The molecule has 2 N–H and O–H groups in total. The van der Waals surface area contributed by atoms with E-state index in [1.807, 2.05) is 76.5 Å². The largest absolute Gasteiger partial charge is 0.399 e. The lowest BCUT2D eigenvalue weighted by molar-refractivity contribution is -0.475. The number of nitrogen functional groups attached to an aromatic ring is 1. The lowest BCUT2D eigenvalue weighted by atomic mass is 9.89. The van der Waals surface area contributed by atoms with Crippen molar-refractivity contribution in [2.45, 2.75) is 157 Å². The number of rotatable bonds is 4. The quantitative estimate of drug-likeness (QED) is 0.0842. The Bertz CT molecular complexity index is 3180. The van der Waals surface area contributed by atoms with Crippen LogP contribution in [0.2, 0.25) is 0 Å². The maximum Gasteiger partial charge on any atom is 0.223 e. The second-order valence-corrected chi connectivity index (χ2v) is 20.5. The summed E-state index contributed by atoms with van der Waals surface area (Å²) in [6.07, 6.45) is 36.1. The van der Waals surface area contributed by atoms with E-state index in [1.54, 1.807) is 4.91 Å². The normalized spacial score (nSPS) is 17.3. The van der Waals surface area contributed by atoms with E-state index in [2.05, 4.69) is 168 Å². The smallest absolute Gasteiger partial charge is 0.223 e. The number of fused-ring (bicyclic) bond motifs is 6. The summed E-state index contributed by atoms with van der Waals surface area (Å²) in [5.41, 5.74) is 22.7. The zero-order valence-corrected chi connectivity index (χ0v) is 51.4. The number of halogens is 2. The number of hydrazone groups is 1. The van der Waals surface area contributed by atoms with Gasteiger partial charge in [-0.2, -0.15) is 0 Å². The minimum atomic E-state index is -0.647. The zero-order chi connectivity index (χ0) is 59.6. The molecule has 1 unspecified atom stereocenters. The number of anilines is 2. The molecule has 0 bridgehead atoms. The van der Waals surface area contributed by atoms with Crippen LogP contribution in [-0.4, -0.2) is 10.4 Å². The third-order valence-corrected chi connectivity index (χ3v) is 16.0. The summed E-state index contributed by atoms with van der Waals surface area (Å²) in [7, 11) is 0. The third kappa shape index (κ3) is 15.4. The SMILES string of the molecule is C#Cc1cc(F)c(N2C3=C(/C=C/C=C4/CC5CCCC6=C(C=CCC6)C5=[N+]42)CCCc2ccccc23)c(F)c1.C=C.C=C.C=C.CC.CC.CC.CCCCc1ccc(N)cc1.Cc1ccc2c3c(ccc(C)c13)C1=C(CCC=C1)S2. The number of thioether (sulfide) groups is 1. The molecule has 0 spiro atoms. The molecule has 6 heteroatoms. The van der Waals surface area contributed by atoms with E-state index >= 15 is 8.78 Å². The number of nitrogens with two attached hydrogens (primary N) is 1. The number of benzene rings is 5. The minimum Gasteiger partial charge on any atom is -0.399 e. The monoisotopic (exact) mass is 1100 g/mol. The van der Waals surface area contributed by atoms with Crippen molar-refractivity contribution in [1.29, 1.82) is 0 Å². The fourth-order valence-corrected chi connectivity index (χ4v) is 12.6. The highest BCUT2D eigenvalue weighted by Crippen LogP contribution is 2.50. The fourth-order valence-electron chi connectivity index (χ4n) is 11.4. The van der Waals surface area contributed by atoms with Gasteiger partial charge in [0.15, 0.2) is 17.3 Å². The van der Waals surface area contributed by atoms with Crippen molar-refractivity contribution in [3.05, 3.63) is 245 Å². The van der Waals surface area contributed by atoms with E-state index in [4.69, 9.17) is 12.2 Å². The molecule has 3 nitrogen and oxygen atoms in total. The van der Waals surface area contributed by atoms with Crippen molar-refractivity contribution in [3.63, 3.8) is 0 Å². The van der Waals surface area contributed by atoms with E-state index in [0.717, 1.165) is 86.0 Å². The van der Waals surface area contributed by atoms with E-state index in [0.29, 0.717) is 5.92 Å². The van der Waals surface area contributed by atoms with Crippen LogP contribution in [0.5, 0.6) is 0 Å². The number of terminal acetylenes is 1. The molecule has 0 fully saturated rings. The number of nitrogens with zero attached hydrogens (tertiary/aromatic N) is 2. The van der Waals surface area contributed by atoms with Crippen LogP contribution in [0.1, 0.15) is 164 Å². The first-order chi connectivity index (χ1) is 39.7. The fraction of sp³-hybridized carbons (Fsp3) is 0.320. The van der Waals surface area contributed by atoms with Gasteiger partial charge in [-0.05, 0) is 170 Å². The van der Waals surface area contributed by atoms with Gasteiger partial charge in [0.2, 0.25) is 11.4 Å². The number of allylic oxidation sites excluding steroid dienone is 13. The maximum atomic E-state index is 16.1. The molecule has 0 saturated heterocycles. The predicted octanol–water partition coefficient (Wildman–Crippen LogP) is 21.9. The molecular weight excluding hydrogens is 1010 g/mol. The summed E-state index contributed by atoms with van der Waals surface area (Å²) in [6.45, 7) is 36.7. The van der Waals surface area contributed by atoms with Gasteiger partial charge < -0.3 is 5.73 Å². The van der Waals surface area contributed by atoms with Gasteiger partial charge in [0.25, 0.3) is 0 Å². The van der Waals surface area contributed by atoms with Crippen molar-refractivity contribution in [3.8, 4) is 12.3 Å². The van der Waals surface area contributed by atoms with Gasteiger partial charge in [-0.1, -0.05) is 174 Å². The first-order valence-corrected chi connectivity index (χ1v) is 30.5. The highest BCUT2D eigenvalue weighted by atomic mass is 32.2. The molecular formula is C75H92F2N3S+. The lowest BCUT2D eigenvalue weighted by Gasteiger charge is -2.28. The summed E-state index contributed by atoms with van der Waals surface area (Å²) >= 11 is 1.98. The summed E-state index contributed by atoms with van der Waals surface area (Å²) in [4.78, 5) is 2.98. The van der Waals surface area contributed by atoms with Crippen LogP contribution in [0.15, 0.2) is 199 Å². The van der Waals surface area contributed by atoms with Gasteiger partial charge in [-0.3, -0.25) is 0 Å². The molecule has 12 rings (SSSR count). The molecule has 4 aliphatic carbocycles. The van der Waals surface area contributed by atoms with Crippen molar-refractivity contribution < 1.29 is 13.5 Å². The van der Waals surface area contributed by atoms with Gasteiger partial charge in [-0.25, -0.2) is 8.78 Å². The van der Waals surface area contributed by atoms with Crippen LogP contribution in [0.3, 0.4) is 0 Å². The number of hydrazine groups is 1. The molecule has 7 aliphatic rings. The molecule has 0 amide bonds. The Hall–Kier alpha value is -7.20. The van der Waals surface area contributed by atoms with Gasteiger partial charge in [0.05, 0.1) is 5.92 Å². The minimum absolute atomic E-state index is 0.0706. The number of hydrogen-bond donors (Lipinski definition) is 1. The highest BCUT2D eigenvalue weighted by molar-refractivity contribution is 8.03. The average Bonchev–Trinajstić information content (AvgIpc) is 3.96. The Balaban J connectivity index is 0.000000279. The third-order valence-electron chi connectivity index (χ3n) is 14.8. The van der Waals surface area contributed by atoms with E-state index in [1.165, 1.54) is 110 Å². The van der Waals surface area contributed by atoms with Gasteiger partial charge >= 0.3 is 0 Å². The van der Waals surface area contributed by atoms with Crippen molar-refractivity contribution in [1.82, 2.24) is 0 Å². The summed E-state index contributed by atoms with van der Waals surface area (Å²) in [5, 5.41) is 4.79. The molecule has 1 atom stereocenters. The number of aryl methyl sites for hydroxylation is 4. The van der Waals surface area contributed by atoms with Crippen LogP contribution in [0.4, 0.5) is 20.2 Å². The van der Waals surface area contributed by atoms with Crippen LogP contribution in [0, 0.1) is 43.7 Å². The molecule has 0 aromatic heterocycles. The van der Waals surface area contributed by atoms with Crippen LogP contribution in [0.25, 0.3) is 22.0 Å².